The van der Waals surface area contributed by atoms with Crippen molar-refractivity contribution in [3.05, 3.63) is 0 Å². The molecule has 3 atom stereocenters. The van der Waals surface area contributed by atoms with Crippen molar-refractivity contribution in [2.75, 3.05) is 19.8 Å². The SMILES string of the molecule is CC1CC2CCCCC2N1C(=O)CN(C)S(C)(=O)=O. The van der Waals surface area contributed by atoms with Crippen molar-refractivity contribution in [3.8, 4) is 0 Å². The smallest absolute Gasteiger partial charge is 0.238 e. The highest BCUT2D eigenvalue weighted by Gasteiger charge is 2.42. The number of hydrogen-bond donors (Lipinski definition) is 0. The van der Waals surface area contributed by atoms with Crippen molar-refractivity contribution < 1.29 is 13.2 Å². The van der Waals surface area contributed by atoms with Crippen LogP contribution in [0.25, 0.3) is 0 Å². The first kappa shape index (κ1) is 14.8. The molecule has 19 heavy (non-hydrogen) atoms. The zero-order valence-corrected chi connectivity index (χ0v) is 12.8. The molecule has 2 aliphatic rings. The largest absolute Gasteiger partial charge is 0.336 e. The summed E-state index contributed by atoms with van der Waals surface area (Å²) < 4.78 is 23.9. The van der Waals surface area contributed by atoms with Gasteiger partial charge in [0.15, 0.2) is 0 Å². The fraction of sp³-hybridized carbons (Fsp3) is 0.923. The molecule has 1 amide bonds. The monoisotopic (exact) mass is 288 g/mol. The van der Waals surface area contributed by atoms with Gasteiger partial charge in [0, 0.05) is 19.1 Å². The maximum absolute atomic E-state index is 12.4. The summed E-state index contributed by atoms with van der Waals surface area (Å²) in [4.78, 5) is 14.3. The number of hydrogen-bond acceptors (Lipinski definition) is 3. The molecular formula is C13H24N2O3S. The van der Waals surface area contributed by atoms with Gasteiger partial charge in [0.05, 0.1) is 12.8 Å². The Morgan fingerprint density at radius 1 is 1.32 bits per heavy atom. The normalized spacial score (nSPS) is 31.6. The molecular weight excluding hydrogens is 264 g/mol. The van der Waals surface area contributed by atoms with Gasteiger partial charge in [-0.1, -0.05) is 12.8 Å². The van der Waals surface area contributed by atoms with Crippen LogP contribution in [0.5, 0.6) is 0 Å². The van der Waals surface area contributed by atoms with Crippen LogP contribution in [0.15, 0.2) is 0 Å². The van der Waals surface area contributed by atoms with Gasteiger partial charge >= 0.3 is 0 Å². The number of rotatable bonds is 3. The number of nitrogens with zero attached hydrogens (tertiary/aromatic N) is 2. The van der Waals surface area contributed by atoms with Gasteiger partial charge in [-0.05, 0) is 32.1 Å². The van der Waals surface area contributed by atoms with Gasteiger partial charge in [-0.3, -0.25) is 4.79 Å². The van der Waals surface area contributed by atoms with Crippen molar-refractivity contribution in [1.29, 1.82) is 0 Å². The Bertz CT molecular complexity index is 449. The van der Waals surface area contributed by atoms with Gasteiger partial charge in [0.1, 0.15) is 0 Å². The lowest BCUT2D eigenvalue weighted by molar-refractivity contribution is -0.134. The molecule has 1 saturated carbocycles. The lowest BCUT2D eigenvalue weighted by Crippen LogP contribution is -2.47. The van der Waals surface area contributed by atoms with E-state index in [0.29, 0.717) is 12.0 Å². The van der Waals surface area contributed by atoms with Crippen LogP contribution >= 0.6 is 0 Å². The molecule has 0 bridgehead atoms. The number of likely N-dealkylation sites (tertiary alicyclic amines) is 1. The van der Waals surface area contributed by atoms with Gasteiger partial charge in [-0.2, -0.15) is 4.31 Å². The van der Waals surface area contributed by atoms with Crippen LogP contribution in [0.4, 0.5) is 0 Å². The summed E-state index contributed by atoms with van der Waals surface area (Å²) in [6, 6.07) is 0.581. The van der Waals surface area contributed by atoms with E-state index in [9.17, 15) is 13.2 Å². The molecule has 0 N–H and O–H groups in total. The second-order valence-electron chi connectivity index (χ2n) is 6.02. The third-order valence-corrected chi connectivity index (χ3v) is 5.82. The van der Waals surface area contributed by atoms with Gasteiger partial charge in [0.2, 0.25) is 15.9 Å². The van der Waals surface area contributed by atoms with Crippen LogP contribution in [0.3, 0.4) is 0 Å². The minimum absolute atomic E-state index is 0.0353. The molecule has 0 spiro atoms. The highest BCUT2D eigenvalue weighted by molar-refractivity contribution is 7.88. The highest BCUT2D eigenvalue weighted by Crippen LogP contribution is 2.39. The summed E-state index contributed by atoms with van der Waals surface area (Å²) in [7, 11) is -1.82. The summed E-state index contributed by atoms with van der Waals surface area (Å²) in [6.45, 7) is 2.04. The van der Waals surface area contributed by atoms with Gasteiger partial charge in [-0.15, -0.1) is 0 Å². The molecule has 5 nitrogen and oxygen atoms in total. The maximum Gasteiger partial charge on any atom is 0.238 e. The number of fused-ring (bicyclic) bond motifs is 1. The molecule has 1 heterocycles. The van der Waals surface area contributed by atoms with Crippen LogP contribution < -0.4 is 0 Å². The zero-order chi connectivity index (χ0) is 14.2. The first-order chi connectivity index (χ1) is 8.80. The Morgan fingerprint density at radius 2 is 1.95 bits per heavy atom. The van der Waals surface area contributed by atoms with Crippen molar-refractivity contribution in [3.63, 3.8) is 0 Å². The summed E-state index contributed by atoms with van der Waals surface area (Å²) >= 11 is 0. The van der Waals surface area contributed by atoms with E-state index in [1.165, 1.54) is 26.3 Å². The van der Waals surface area contributed by atoms with Crippen LogP contribution in [-0.4, -0.2) is 55.5 Å². The third-order valence-electron chi connectivity index (χ3n) is 4.56. The van der Waals surface area contributed by atoms with E-state index in [1.54, 1.807) is 0 Å². The molecule has 110 valence electrons. The molecule has 1 saturated heterocycles. The first-order valence-corrected chi connectivity index (χ1v) is 8.88. The highest BCUT2D eigenvalue weighted by atomic mass is 32.2. The quantitative estimate of drug-likeness (QED) is 0.780. The minimum atomic E-state index is -3.29. The number of amides is 1. The lowest BCUT2D eigenvalue weighted by atomic mass is 9.85. The number of likely N-dealkylation sites (N-methyl/N-ethyl adjacent to an activating group) is 1. The maximum atomic E-state index is 12.4. The van der Waals surface area contributed by atoms with Crippen molar-refractivity contribution in [2.24, 2.45) is 5.92 Å². The average Bonchev–Trinajstić information content (AvgIpc) is 2.63. The molecule has 0 radical (unpaired) electrons. The Labute approximate surface area is 116 Å². The fourth-order valence-corrected chi connectivity index (χ4v) is 3.87. The zero-order valence-electron chi connectivity index (χ0n) is 12.0. The lowest BCUT2D eigenvalue weighted by Gasteiger charge is -2.34. The van der Waals surface area contributed by atoms with Gasteiger partial charge < -0.3 is 4.90 Å². The molecule has 3 unspecified atom stereocenters. The molecule has 0 aromatic heterocycles. The number of carbonyl (C=O) groups is 1. The third kappa shape index (κ3) is 3.11. The van der Waals surface area contributed by atoms with E-state index in [2.05, 4.69) is 6.92 Å². The van der Waals surface area contributed by atoms with E-state index in [4.69, 9.17) is 0 Å². The topological polar surface area (TPSA) is 57.7 Å². The average molecular weight is 288 g/mol. The second-order valence-corrected chi connectivity index (χ2v) is 8.11. The van der Waals surface area contributed by atoms with Crippen molar-refractivity contribution in [1.82, 2.24) is 9.21 Å². The second kappa shape index (κ2) is 5.40. The van der Waals surface area contributed by atoms with Crippen LogP contribution in [0.1, 0.15) is 39.0 Å². The Morgan fingerprint density at radius 3 is 2.58 bits per heavy atom. The fourth-order valence-electron chi connectivity index (χ4n) is 3.53. The van der Waals surface area contributed by atoms with Gasteiger partial charge in [-0.25, -0.2) is 8.42 Å². The van der Waals surface area contributed by atoms with Crippen LogP contribution in [0, 0.1) is 5.92 Å². The molecule has 1 aliphatic carbocycles. The Hall–Kier alpha value is -0.620. The Kier molecular flexibility index (Phi) is 4.20. The summed E-state index contributed by atoms with van der Waals surface area (Å²) in [5.74, 6) is 0.575. The predicted molar refractivity (Wildman–Crippen MR) is 74.1 cm³/mol. The van der Waals surface area contributed by atoms with E-state index in [1.807, 2.05) is 4.90 Å². The van der Waals surface area contributed by atoms with Crippen molar-refractivity contribution in [2.45, 2.75) is 51.1 Å². The van der Waals surface area contributed by atoms with Crippen LogP contribution in [-0.2, 0) is 14.8 Å². The minimum Gasteiger partial charge on any atom is -0.336 e. The first-order valence-electron chi connectivity index (χ1n) is 7.03. The van der Waals surface area contributed by atoms with E-state index in [0.717, 1.165) is 23.4 Å². The van der Waals surface area contributed by atoms with E-state index >= 15 is 0 Å². The number of carbonyl (C=O) groups excluding carboxylic acids is 1. The Balaban J connectivity index is 2.06. The molecule has 6 heteroatoms. The van der Waals surface area contributed by atoms with Crippen LogP contribution in [0.2, 0.25) is 0 Å². The number of sulfonamides is 1. The molecule has 0 aromatic carbocycles. The summed E-state index contributed by atoms with van der Waals surface area (Å²) in [5, 5.41) is 0. The van der Waals surface area contributed by atoms with E-state index < -0.39 is 10.0 Å². The predicted octanol–water partition coefficient (Wildman–Crippen LogP) is 1.06. The summed E-state index contributed by atoms with van der Waals surface area (Å²) in [6.07, 6.45) is 6.93. The van der Waals surface area contributed by atoms with E-state index in [-0.39, 0.29) is 18.5 Å². The van der Waals surface area contributed by atoms with Crippen molar-refractivity contribution >= 4 is 15.9 Å². The molecule has 1 aliphatic heterocycles. The summed E-state index contributed by atoms with van der Waals surface area (Å²) in [5.41, 5.74) is 0. The molecule has 2 rings (SSSR count). The standard InChI is InChI=1S/C13H24N2O3S/c1-10-8-11-6-4-5-7-12(11)15(10)13(16)9-14(2)19(3,17)18/h10-12H,4-9H2,1-3H3. The molecule has 2 fully saturated rings. The van der Waals surface area contributed by atoms with Gasteiger partial charge in [0.25, 0.3) is 0 Å². The molecule has 0 aromatic rings.